The highest BCUT2D eigenvalue weighted by atomic mass is 16.2. The third kappa shape index (κ3) is 4.07. The van der Waals surface area contributed by atoms with Gasteiger partial charge in [0.1, 0.15) is 0 Å². The molecule has 1 aromatic carbocycles. The van der Waals surface area contributed by atoms with Crippen molar-refractivity contribution in [2.45, 2.75) is 69.5 Å². The Kier molecular flexibility index (Phi) is 5.33. The van der Waals surface area contributed by atoms with Crippen molar-refractivity contribution in [1.82, 2.24) is 15.1 Å². The van der Waals surface area contributed by atoms with E-state index in [1.807, 2.05) is 0 Å². The first-order valence-electron chi connectivity index (χ1n) is 11.5. The van der Waals surface area contributed by atoms with E-state index in [1.165, 1.54) is 31.2 Å². The van der Waals surface area contributed by atoms with Crippen LogP contribution in [0.5, 0.6) is 0 Å². The molecule has 4 fully saturated rings. The van der Waals surface area contributed by atoms with E-state index in [2.05, 4.69) is 45.4 Å². The molecule has 1 aromatic rings. The first-order valence-corrected chi connectivity index (χ1v) is 11.5. The summed E-state index contributed by atoms with van der Waals surface area (Å²) in [5.41, 5.74) is 1.45. The maximum atomic E-state index is 12.9. The number of amides is 2. The molecular weight excluding hydrogens is 362 g/mol. The Bertz CT molecular complexity index is 752. The van der Waals surface area contributed by atoms with Crippen molar-refractivity contribution >= 4 is 11.8 Å². The standard InChI is InChI=1S/C24H33N3O2/c28-23-10-9-20(25-23)13-24(29)26-14-18-11-19(16-26)22-8-4-7-21(27(22)15-18)12-17-5-2-1-3-6-17/h1-3,5-6,18-22H,4,7-16H2,(H,25,28)/t18-,19+,20-,21+,22-/m0/s1. The van der Waals surface area contributed by atoms with Gasteiger partial charge in [0.2, 0.25) is 11.8 Å². The zero-order valence-corrected chi connectivity index (χ0v) is 17.3. The quantitative estimate of drug-likeness (QED) is 0.853. The Morgan fingerprint density at radius 1 is 1.07 bits per heavy atom. The van der Waals surface area contributed by atoms with E-state index >= 15 is 0 Å². The summed E-state index contributed by atoms with van der Waals surface area (Å²) in [4.78, 5) is 29.3. The molecular formula is C24H33N3O2. The van der Waals surface area contributed by atoms with Crippen molar-refractivity contribution in [2.24, 2.45) is 11.8 Å². The van der Waals surface area contributed by atoms with Crippen LogP contribution >= 0.6 is 0 Å². The summed E-state index contributed by atoms with van der Waals surface area (Å²) in [6, 6.07) is 12.3. The van der Waals surface area contributed by atoms with Crippen molar-refractivity contribution in [3.8, 4) is 0 Å². The molecule has 0 spiro atoms. The minimum absolute atomic E-state index is 0.0539. The van der Waals surface area contributed by atoms with Gasteiger partial charge in [0.05, 0.1) is 0 Å². The van der Waals surface area contributed by atoms with Crippen molar-refractivity contribution < 1.29 is 9.59 Å². The third-order valence-corrected chi connectivity index (χ3v) is 7.69. The number of benzene rings is 1. The van der Waals surface area contributed by atoms with Crippen molar-refractivity contribution in [3.63, 3.8) is 0 Å². The molecule has 0 aliphatic carbocycles. The van der Waals surface area contributed by atoms with Gasteiger partial charge in [-0.3, -0.25) is 14.5 Å². The van der Waals surface area contributed by atoms with Gasteiger partial charge < -0.3 is 10.2 Å². The molecule has 5 nitrogen and oxygen atoms in total. The van der Waals surface area contributed by atoms with Crippen LogP contribution in [0.4, 0.5) is 0 Å². The van der Waals surface area contributed by atoms with Gasteiger partial charge in [0.15, 0.2) is 0 Å². The molecule has 4 aliphatic heterocycles. The fourth-order valence-electron chi connectivity index (χ4n) is 6.39. The molecule has 2 bridgehead atoms. The number of hydrogen-bond acceptors (Lipinski definition) is 3. The number of fused-ring (bicyclic) bond motifs is 4. The second kappa shape index (κ2) is 8.10. The average Bonchev–Trinajstić information content (AvgIpc) is 3.14. The number of rotatable bonds is 4. The Labute approximate surface area is 173 Å². The topological polar surface area (TPSA) is 52.7 Å². The summed E-state index contributed by atoms with van der Waals surface area (Å²) in [6.07, 6.45) is 8.19. The molecule has 4 saturated heterocycles. The van der Waals surface area contributed by atoms with Crippen LogP contribution in [-0.4, -0.2) is 59.4 Å². The molecule has 4 heterocycles. The fourth-order valence-corrected chi connectivity index (χ4v) is 6.39. The molecule has 5 atom stereocenters. The summed E-state index contributed by atoms with van der Waals surface area (Å²) in [5, 5.41) is 2.95. The zero-order valence-electron chi connectivity index (χ0n) is 17.3. The molecule has 2 amide bonds. The van der Waals surface area contributed by atoms with Crippen LogP contribution in [0, 0.1) is 11.8 Å². The normalized spacial score (nSPS) is 34.6. The monoisotopic (exact) mass is 395 g/mol. The molecule has 0 unspecified atom stereocenters. The number of nitrogens with zero attached hydrogens (tertiary/aromatic N) is 2. The third-order valence-electron chi connectivity index (χ3n) is 7.69. The molecule has 0 aromatic heterocycles. The van der Waals surface area contributed by atoms with E-state index in [0.717, 1.165) is 32.5 Å². The average molecular weight is 396 g/mol. The summed E-state index contributed by atoms with van der Waals surface area (Å²) in [5.74, 6) is 1.56. The Balaban J connectivity index is 1.23. The Morgan fingerprint density at radius 2 is 1.93 bits per heavy atom. The molecule has 4 aliphatic rings. The van der Waals surface area contributed by atoms with Crippen LogP contribution in [0.1, 0.15) is 50.5 Å². The number of likely N-dealkylation sites (tertiary alicyclic amines) is 1. The molecule has 0 saturated carbocycles. The van der Waals surface area contributed by atoms with Crippen LogP contribution in [0.15, 0.2) is 30.3 Å². The molecule has 1 N–H and O–H groups in total. The number of nitrogens with one attached hydrogen (secondary N) is 1. The second-order valence-electron chi connectivity index (χ2n) is 9.71. The smallest absolute Gasteiger partial charge is 0.224 e. The van der Waals surface area contributed by atoms with Crippen LogP contribution in [-0.2, 0) is 16.0 Å². The molecule has 5 rings (SSSR count). The summed E-state index contributed by atoms with van der Waals surface area (Å²) in [6.45, 7) is 2.95. The molecule has 5 heteroatoms. The fraction of sp³-hybridized carbons (Fsp3) is 0.667. The number of carbonyl (C=O) groups is 2. The van der Waals surface area contributed by atoms with Gasteiger partial charge in [0.25, 0.3) is 0 Å². The van der Waals surface area contributed by atoms with Gasteiger partial charge in [-0.15, -0.1) is 0 Å². The summed E-state index contributed by atoms with van der Waals surface area (Å²) in [7, 11) is 0. The highest BCUT2D eigenvalue weighted by Crippen LogP contribution is 2.40. The largest absolute Gasteiger partial charge is 0.353 e. The van der Waals surface area contributed by atoms with E-state index in [0.29, 0.717) is 36.8 Å². The number of piperidine rings is 3. The molecule has 156 valence electrons. The molecule has 0 radical (unpaired) electrons. The Hall–Kier alpha value is -1.88. The summed E-state index contributed by atoms with van der Waals surface area (Å²) < 4.78 is 0. The predicted octanol–water partition coefficient (Wildman–Crippen LogP) is 2.60. The van der Waals surface area contributed by atoms with E-state index in [4.69, 9.17) is 0 Å². The lowest BCUT2D eigenvalue weighted by atomic mass is 9.74. The van der Waals surface area contributed by atoms with E-state index in [9.17, 15) is 9.59 Å². The molecule has 29 heavy (non-hydrogen) atoms. The highest BCUT2D eigenvalue weighted by Gasteiger charge is 2.45. The van der Waals surface area contributed by atoms with Gasteiger partial charge in [0, 0.05) is 50.6 Å². The highest BCUT2D eigenvalue weighted by molar-refractivity contribution is 5.82. The SMILES string of the molecule is O=C1CC[C@@H](CC(=O)N2C[C@@H]3C[C@H](C2)[C@@H]2CCC[C@H](Cc4ccccc4)N2C3)N1. The van der Waals surface area contributed by atoms with Crippen molar-refractivity contribution in [3.05, 3.63) is 35.9 Å². The maximum Gasteiger partial charge on any atom is 0.224 e. The lowest BCUT2D eigenvalue weighted by Crippen LogP contribution is -2.62. The zero-order chi connectivity index (χ0) is 19.8. The lowest BCUT2D eigenvalue weighted by molar-refractivity contribution is -0.139. The van der Waals surface area contributed by atoms with Gasteiger partial charge in [-0.2, -0.15) is 0 Å². The lowest BCUT2D eigenvalue weighted by Gasteiger charge is -2.55. The van der Waals surface area contributed by atoms with E-state index in [-0.39, 0.29) is 17.9 Å². The number of carbonyl (C=O) groups excluding carboxylic acids is 2. The van der Waals surface area contributed by atoms with Gasteiger partial charge in [-0.25, -0.2) is 0 Å². The van der Waals surface area contributed by atoms with Gasteiger partial charge >= 0.3 is 0 Å². The Morgan fingerprint density at radius 3 is 2.72 bits per heavy atom. The van der Waals surface area contributed by atoms with Gasteiger partial charge in [-0.05, 0) is 49.5 Å². The van der Waals surface area contributed by atoms with Crippen LogP contribution in [0.25, 0.3) is 0 Å². The van der Waals surface area contributed by atoms with Crippen LogP contribution in [0.2, 0.25) is 0 Å². The van der Waals surface area contributed by atoms with E-state index in [1.54, 1.807) is 0 Å². The first-order chi connectivity index (χ1) is 14.2. The van der Waals surface area contributed by atoms with Crippen LogP contribution < -0.4 is 5.32 Å². The number of hydrogen-bond donors (Lipinski definition) is 1. The second-order valence-corrected chi connectivity index (χ2v) is 9.71. The van der Waals surface area contributed by atoms with E-state index < -0.39 is 0 Å². The summed E-state index contributed by atoms with van der Waals surface area (Å²) >= 11 is 0. The van der Waals surface area contributed by atoms with Crippen LogP contribution in [0.3, 0.4) is 0 Å². The maximum absolute atomic E-state index is 12.9. The minimum atomic E-state index is 0.0539. The van der Waals surface area contributed by atoms with Crippen molar-refractivity contribution in [2.75, 3.05) is 19.6 Å². The first kappa shape index (κ1) is 19.1. The van der Waals surface area contributed by atoms with Gasteiger partial charge in [-0.1, -0.05) is 36.8 Å². The predicted molar refractivity (Wildman–Crippen MR) is 112 cm³/mol. The van der Waals surface area contributed by atoms with Crippen molar-refractivity contribution in [1.29, 1.82) is 0 Å². The minimum Gasteiger partial charge on any atom is -0.353 e.